The third-order valence-corrected chi connectivity index (χ3v) is 4.77. The first-order valence-electron chi connectivity index (χ1n) is 9.08. The van der Waals surface area contributed by atoms with Gasteiger partial charge in [0.05, 0.1) is 19.7 Å². The molecular formula is C19H32N4O. The van der Waals surface area contributed by atoms with E-state index in [-0.39, 0.29) is 6.04 Å². The van der Waals surface area contributed by atoms with Gasteiger partial charge in [-0.2, -0.15) is 0 Å². The van der Waals surface area contributed by atoms with Crippen LogP contribution in [0.15, 0.2) is 29.3 Å². The van der Waals surface area contributed by atoms with E-state index in [0.29, 0.717) is 18.5 Å². The fourth-order valence-electron chi connectivity index (χ4n) is 3.07. The third kappa shape index (κ3) is 5.41. The molecule has 1 aliphatic heterocycles. The van der Waals surface area contributed by atoms with E-state index in [1.165, 1.54) is 24.8 Å². The maximum Gasteiger partial charge on any atom is 0.188 e. The molecule has 0 radical (unpaired) electrons. The molecule has 0 saturated carbocycles. The molecule has 5 nitrogen and oxygen atoms in total. The third-order valence-electron chi connectivity index (χ3n) is 4.77. The van der Waals surface area contributed by atoms with Crippen molar-refractivity contribution in [2.24, 2.45) is 10.7 Å². The minimum absolute atomic E-state index is 0.272. The number of nitrogens with two attached hydrogens (primary N) is 1. The van der Waals surface area contributed by atoms with Gasteiger partial charge in [0.15, 0.2) is 5.96 Å². The van der Waals surface area contributed by atoms with E-state index >= 15 is 0 Å². The fourth-order valence-corrected chi connectivity index (χ4v) is 3.07. The Morgan fingerprint density at radius 1 is 1.25 bits per heavy atom. The van der Waals surface area contributed by atoms with E-state index in [2.05, 4.69) is 41.2 Å². The Morgan fingerprint density at radius 2 is 1.92 bits per heavy atom. The molecule has 0 amide bonds. The first kappa shape index (κ1) is 18.6. The standard InChI is InChI=1S/C19H32N4O/c1-4-15(2)22-19(20)21-14-18(23-12-6-5-7-13-23)16-8-10-17(24-3)11-9-16/h8-11,15,18H,4-7,12-14H2,1-3H3,(H3,20,21,22). The highest BCUT2D eigenvalue weighted by molar-refractivity contribution is 5.78. The van der Waals surface area contributed by atoms with Crippen LogP contribution in [0, 0.1) is 0 Å². The lowest BCUT2D eigenvalue weighted by atomic mass is 10.0. The molecule has 2 rings (SSSR count). The molecule has 1 aromatic carbocycles. The lowest BCUT2D eigenvalue weighted by Crippen LogP contribution is -2.40. The molecule has 0 bridgehead atoms. The van der Waals surface area contributed by atoms with Crippen molar-refractivity contribution in [1.29, 1.82) is 0 Å². The molecule has 2 unspecified atom stereocenters. The highest BCUT2D eigenvalue weighted by Crippen LogP contribution is 2.26. The van der Waals surface area contributed by atoms with Crippen molar-refractivity contribution in [3.63, 3.8) is 0 Å². The summed E-state index contributed by atoms with van der Waals surface area (Å²) in [6.07, 6.45) is 4.88. The van der Waals surface area contributed by atoms with E-state index < -0.39 is 0 Å². The van der Waals surface area contributed by atoms with Crippen LogP contribution in [0.25, 0.3) is 0 Å². The van der Waals surface area contributed by atoms with Crippen LogP contribution in [0.5, 0.6) is 5.75 Å². The number of piperidine rings is 1. The van der Waals surface area contributed by atoms with Gasteiger partial charge in [-0.3, -0.25) is 9.89 Å². The van der Waals surface area contributed by atoms with Crippen LogP contribution in [-0.4, -0.2) is 43.6 Å². The summed E-state index contributed by atoms with van der Waals surface area (Å²) in [5, 5.41) is 3.25. The van der Waals surface area contributed by atoms with Gasteiger partial charge in [-0.05, 0) is 57.0 Å². The van der Waals surface area contributed by atoms with Crippen molar-refractivity contribution in [2.75, 3.05) is 26.7 Å². The fraction of sp³-hybridized carbons (Fsp3) is 0.632. The second-order valence-corrected chi connectivity index (χ2v) is 6.57. The number of nitrogens with zero attached hydrogens (tertiary/aromatic N) is 2. The van der Waals surface area contributed by atoms with E-state index in [1.807, 2.05) is 12.1 Å². The number of benzene rings is 1. The lowest BCUT2D eigenvalue weighted by Gasteiger charge is -2.34. The predicted molar refractivity (Wildman–Crippen MR) is 101 cm³/mol. The first-order valence-corrected chi connectivity index (χ1v) is 9.08. The zero-order valence-electron chi connectivity index (χ0n) is 15.3. The second kappa shape index (κ2) is 9.52. The molecule has 1 aliphatic rings. The SMILES string of the molecule is CCC(C)NC(N)=NCC(c1ccc(OC)cc1)N1CCCCC1. The summed E-state index contributed by atoms with van der Waals surface area (Å²) in [7, 11) is 1.70. The topological polar surface area (TPSA) is 62.9 Å². The Balaban J connectivity index is 2.11. The number of hydrogen-bond acceptors (Lipinski definition) is 3. The Morgan fingerprint density at radius 3 is 2.50 bits per heavy atom. The van der Waals surface area contributed by atoms with E-state index in [0.717, 1.165) is 25.3 Å². The summed E-state index contributed by atoms with van der Waals surface area (Å²) in [5.74, 6) is 1.43. The summed E-state index contributed by atoms with van der Waals surface area (Å²) >= 11 is 0. The number of ether oxygens (including phenoxy) is 1. The van der Waals surface area contributed by atoms with Crippen LogP contribution in [0.4, 0.5) is 0 Å². The summed E-state index contributed by atoms with van der Waals surface area (Å²) in [6.45, 7) is 7.20. The quantitative estimate of drug-likeness (QED) is 0.595. The van der Waals surface area contributed by atoms with Crippen molar-refractivity contribution in [2.45, 2.75) is 51.6 Å². The van der Waals surface area contributed by atoms with E-state index in [1.54, 1.807) is 7.11 Å². The van der Waals surface area contributed by atoms with Crippen molar-refractivity contribution in [1.82, 2.24) is 10.2 Å². The Labute approximate surface area is 146 Å². The van der Waals surface area contributed by atoms with Crippen molar-refractivity contribution in [3.8, 4) is 5.75 Å². The van der Waals surface area contributed by atoms with Gasteiger partial charge >= 0.3 is 0 Å². The predicted octanol–water partition coefficient (Wildman–Crippen LogP) is 2.93. The molecule has 1 heterocycles. The number of methoxy groups -OCH3 is 1. The molecule has 134 valence electrons. The Hall–Kier alpha value is -1.75. The molecule has 0 aromatic heterocycles. The lowest BCUT2D eigenvalue weighted by molar-refractivity contribution is 0.167. The summed E-state index contributed by atoms with van der Waals surface area (Å²) in [4.78, 5) is 7.15. The number of nitrogens with one attached hydrogen (secondary N) is 1. The number of likely N-dealkylation sites (tertiary alicyclic amines) is 1. The van der Waals surface area contributed by atoms with Crippen molar-refractivity contribution < 1.29 is 4.74 Å². The number of rotatable bonds is 7. The number of aliphatic imine (C=N–C) groups is 1. The number of hydrogen-bond donors (Lipinski definition) is 2. The maximum absolute atomic E-state index is 6.05. The minimum Gasteiger partial charge on any atom is -0.497 e. The van der Waals surface area contributed by atoms with E-state index in [9.17, 15) is 0 Å². The average molecular weight is 332 g/mol. The maximum atomic E-state index is 6.05. The van der Waals surface area contributed by atoms with Gasteiger partial charge in [0.25, 0.3) is 0 Å². The zero-order chi connectivity index (χ0) is 17.4. The summed E-state index contributed by atoms with van der Waals surface area (Å²) in [5.41, 5.74) is 7.33. The van der Waals surface area contributed by atoms with Crippen LogP contribution in [0.2, 0.25) is 0 Å². The Kier molecular flexibility index (Phi) is 7.37. The zero-order valence-corrected chi connectivity index (χ0v) is 15.3. The smallest absolute Gasteiger partial charge is 0.188 e. The highest BCUT2D eigenvalue weighted by atomic mass is 16.5. The second-order valence-electron chi connectivity index (χ2n) is 6.57. The summed E-state index contributed by atoms with van der Waals surface area (Å²) < 4.78 is 5.28. The van der Waals surface area contributed by atoms with Crippen molar-refractivity contribution in [3.05, 3.63) is 29.8 Å². The molecule has 1 fully saturated rings. The normalized spacial score (nSPS) is 18.9. The molecule has 1 aromatic rings. The van der Waals surface area contributed by atoms with Gasteiger partial charge in [-0.25, -0.2) is 0 Å². The molecule has 1 saturated heterocycles. The minimum atomic E-state index is 0.272. The Bertz CT molecular complexity index is 509. The molecule has 2 atom stereocenters. The average Bonchev–Trinajstić information content (AvgIpc) is 2.63. The molecule has 5 heteroatoms. The highest BCUT2D eigenvalue weighted by Gasteiger charge is 2.22. The molecule has 3 N–H and O–H groups in total. The van der Waals surface area contributed by atoms with Gasteiger partial charge in [-0.15, -0.1) is 0 Å². The first-order chi connectivity index (χ1) is 11.6. The molecule has 0 spiro atoms. The van der Waals surface area contributed by atoms with Crippen LogP contribution < -0.4 is 15.8 Å². The van der Waals surface area contributed by atoms with Crippen LogP contribution in [-0.2, 0) is 0 Å². The van der Waals surface area contributed by atoms with Gasteiger partial charge < -0.3 is 15.8 Å². The van der Waals surface area contributed by atoms with Crippen molar-refractivity contribution >= 4 is 5.96 Å². The molecule has 0 aliphatic carbocycles. The van der Waals surface area contributed by atoms with Gasteiger partial charge in [-0.1, -0.05) is 25.5 Å². The number of guanidine groups is 1. The molecular weight excluding hydrogens is 300 g/mol. The van der Waals surface area contributed by atoms with Gasteiger partial charge in [0, 0.05) is 6.04 Å². The van der Waals surface area contributed by atoms with Gasteiger partial charge in [0.2, 0.25) is 0 Å². The molecule has 24 heavy (non-hydrogen) atoms. The van der Waals surface area contributed by atoms with Gasteiger partial charge in [0.1, 0.15) is 5.75 Å². The summed E-state index contributed by atoms with van der Waals surface area (Å²) in [6, 6.07) is 8.96. The van der Waals surface area contributed by atoms with Crippen LogP contribution >= 0.6 is 0 Å². The van der Waals surface area contributed by atoms with Crippen LogP contribution in [0.3, 0.4) is 0 Å². The monoisotopic (exact) mass is 332 g/mol. The largest absolute Gasteiger partial charge is 0.497 e. The van der Waals surface area contributed by atoms with E-state index in [4.69, 9.17) is 10.5 Å². The van der Waals surface area contributed by atoms with Crippen LogP contribution in [0.1, 0.15) is 51.1 Å².